The number of thioether (sulfide) groups is 1. The Labute approximate surface area is 129 Å². The van der Waals surface area contributed by atoms with E-state index in [1.54, 1.807) is 13.0 Å². The van der Waals surface area contributed by atoms with Gasteiger partial charge >= 0.3 is 0 Å². The molecule has 0 fully saturated rings. The first kappa shape index (κ1) is 18.1. The molecule has 1 unspecified atom stereocenters. The summed E-state index contributed by atoms with van der Waals surface area (Å²) in [5.74, 6) is 1.05. The monoisotopic (exact) mass is 335 g/mol. The fraction of sp³-hybridized carbons (Fsp3) is 0.538. The van der Waals surface area contributed by atoms with E-state index in [9.17, 15) is 13.5 Å². The first-order valence-corrected chi connectivity index (χ1v) is 9.06. The zero-order chi connectivity index (χ0) is 16.1. The molecule has 2 N–H and O–H groups in total. The fourth-order valence-corrected chi connectivity index (χ4v) is 3.75. The van der Waals surface area contributed by atoms with E-state index in [2.05, 4.69) is 4.72 Å². The van der Waals surface area contributed by atoms with E-state index in [1.165, 1.54) is 38.1 Å². The van der Waals surface area contributed by atoms with Crippen LogP contribution in [-0.4, -0.2) is 51.9 Å². The minimum Gasteiger partial charge on any atom is -0.497 e. The number of sulfonamides is 1. The van der Waals surface area contributed by atoms with Crippen LogP contribution in [0, 0.1) is 0 Å². The van der Waals surface area contributed by atoms with E-state index in [0.717, 1.165) is 0 Å². The molecule has 1 aromatic carbocycles. The standard InChI is InChI=1S/C13H21NO5S2/c1-13(15,9-20-4)8-14-21(16,17)12-7-10(18-2)5-6-11(12)19-3/h5-7,14-15H,8-9H2,1-4H3. The summed E-state index contributed by atoms with van der Waals surface area (Å²) < 4.78 is 37.2. The van der Waals surface area contributed by atoms with Gasteiger partial charge in [-0.15, -0.1) is 0 Å². The Morgan fingerprint density at radius 1 is 1.33 bits per heavy atom. The van der Waals surface area contributed by atoms with Crippen LogP contribution in [0.25, 0.3) is 0 Å². The second-order valence-corrected chi connectivity index (χ2v) is 7.37. The van der Waals surface area contributed by atoms with Crippen LogP contribution in [0.2, 0.25) is 0 Å². The van der Waals surface area contributed by atoms with Crippen molar-refractivity contribution in [1.82, 2.24) is 4.72 Å². The molecule has 8 heteroatoms. The summed E-state index contributed by atoms with van der Waals surface area (Å²) in [5.41, 5.74) is -1.13. The van der Waals surface area contributed by atoms with Gasteiger partial charge in [-0.1, -0.05) is 0 Å². The smallest absolute Gasteiger partial charge is 0.244 e. The van der Waals surface area contributed by atoms with Crippen LogP contribution in [0.1, 0.15) is 6.92 Å². The van der Waals surface area contributed by atoms with Crippen molar-refractivity contribution in [2.75, 3.05) is 32.8 Å². The summed E-state index contributed by atoms with van der Waals surface area (Å²) in [4.78, 5) is -0.0238. The SMILES string of the molecule is COc1ccc(OC)c(S(=O)(=O)NCC(C)(O)CSC)c1. The number of methoxy groups -OCH3 is 2. The molecule has 6 nitrogen and oxygen atoms in total. The molecular formula is C13H21NO5S2. The van der Waals surface area contributed by atoms with E-state index in [0.29, 0.717) is 11.5 Å². The Balaban J connectivity index is 3.02. The zero-order valence-corrected chi connectivity index (χ0v) is 14.2. The molecule has 1 rings (SSSR count). The van der Waals surface area contributed by atoms with Crippen LogP contribution in [0.15, 0.2) is 23.1 Å². The summed E-state index contributed by atoms with van der Waals surface area (Å²) in [7, 11) is -0.965. The molecule has 0 aliphatic carbocycles. The van der Waals surface area contributed by atoms with Crippen LogP contribution in [-0.2, 0) is 10.0 Å². The van der Waals surface area contributed by atoms with Crippen LogP contribution in [0.5, 0.6) is 11.5 Å². The Morgan fingerprint density at radius 2 is 2.00 bits per heavy atom. The van der Waals surface area contributed by atoms with Crippen LogP contribution in [0.3, 0.4) is 0 Å². The van der Waals surface area contributed by atoms with Gasteiger partial charge in [0.2, 0.25) is 10.0 Å². The topological polar surface area (TPSA) is 84.9 Å². The summed E-state index contributed by atoms with van der Waals surface area (Å²) >= 11 is 1.44. The average Bonchev–Trinajstić information content (AvgIpc) is 2.44. The quantitative estimate of drug-likeness (QED) is 0.740. The van der Waals surface area contributed by atoms with Crippen molar-refractivity contribution in [3.8, 4) is 11.5 Å². The number of nitrogens with one attached hydrogen (secondary N) is 1. The first-order valence-electron chi connectivity index (χ1n) is 6.19. The first-order chi connectivity index (χ1) is 9.75. The van der Waals surface area contributed by atoms with Gasteiger partial charge < -0.3 is 14.6 Å². The van der Waals surface area contributed by atoms with Gasteiger partial charge in [0.05, 0.1) is 19.8 Å². The number of aliphatic hydroxyl groups is 1. The van der Waals surface area contributed by atoms with Crippen molar-refractivity contribution in [3.05, 3.63) is 18.2 Å². The second-order valence-electron chi connectivity index (χ2n) is 4.77. The molecular weight excluding hydrogens is 314 g/mol. The highest BCUT2D eigenvalue weighted by molar-refractivity contribution is 7.98. The van der Waals surface area contributed by atoms with Crippen molar-refractivity contribution < 1.29 is 23.0 Å². The maximum atomic E-state index is 12.4. The summed E-state index contributed by atoms with van der Waals surface area (Å²) in [5, 5.41) is 10.0. The molecule has 0 saturated heterocycles. The van der Waals surface area contributed by atoms with E-state index in [-0.39, 0.29) is 17.2 Å². The summed E-state index contributed by atoms with van der Waals surface area (Å²) in [6, 6.07) is 4.51. The molecule has 1 aromatic rings. The molecule has 0 aliphatic rings. The van der Waals surface area contributed by atoms with Gasteiger partial charge in [0.15, 0.2) is 0 Å². The van der Waals surface area contributed by atoms with E-state index in [1.807, 2.05) is 6.26 Å². The molecule has 120 valence electrons. The maximum absolute atomic E-state index is 12.4. The van der Waals surface area contributed by atoms with E-state index < -0.39 is 15.6 Å². The molecule has 0 amide bonds. The van der Waals surface area contributed by atoms with Gasteiger partial charge in [-0.2, -0.15) is 11.8 Å². The lowest BCUT2D eigenvalue weighted by Crippen LogP contribution is -2.42. The molecule has 0 heterocycles. The number of hydrogen-bond donors (Lipinski definition) is 2. The third-order valence-electron chi connectivity index (χ3n) is 2.76. The largest absolute Gasteiger partial charge is 0.497 e. The summed E-state index contributed by atoms with van der Waals surface area (Å²) in [6.45, 7) is 1.49. The number of benzene rings is 1. The molecule has 0 radical (unpaired) electrons. The Bertz CT molecular complexity index is 572. The van der Waals surface area contributed by atoms with Gasteiger partial charge in [-0.25, -0.2) is 13.1 Å². The minimum absolute atomic E-state index is 0.0238. The van der Waals surface area contributed by atoms with Crippen LogP contribution >= 0.6 is 11.8 Å². The predicted octanol–water partition coefficient (Wildman–Crippen LogP) is 1.10. The number of rotatable bonds is 8. The third kappa shape index (κ3) is 5.06. The van der Waals surface area contributed by atoms with E-state index >= 15 is 0 Å². The average molecular weight is 335 g/mol. The van der Waals surface area contributed by atoms with Gasteiger partial charge in [-0.3, -0.25) is 0 Å². The Kier molecular flexibility index (Phi) is 6.33. The number of ether oxygens (including phenoxy) is 2. The van der Waals surface area contributed by atoms with Crippen molar-refractivity contribution >= 4 is 21.8 Å². The normalized spacial score (nSPS) is 14.5. The molecule has 0 saturated carbocycles. The van der Waals surface area contributed by atoms with Gasteiger partial charge in [0.1, 0.15) is 16.4 Å². The fourth-order valence-electron chi connectivity index (χ4n) is 1.68. The highest BCUT2D eigenvalue weighted by Gasteiger charge is 2.26. The van der Waals surface area contributed by atoms with Gasteiger partial charge in [0, 0.05) is 18.4 Å². The highest BCUT2D eigenvalue weighted by Crippen LogP contribution is 2.28. The highest BCUT2D eigenvalue weighted by atomic mass is 32.2. The molecule has 0 bridgehead atoms. The van der Waals surface area contributed by atoms with Crippen molar-refractivity contribution in [1.29, 1.82) is 0 Å². The van der Waals surface area contributed by atoms with E-state index in [4.69, 9.17) is 9.47 Å². The zero-order valence-electron chi connectivity index (χ0n) is 12.5. The third-order valence-corrected chi connectivity index (χ3v) is 5.09. The van der Waals surface area contributed by atoms with Crippen LogP contribution < -0.4 is 14.2 Å². The lowest BCUT2D eigenvalue weighted by Gasteiger charge is -2.22. The Morgan fingerprint density at radius 3 is 2.52 bits per heavy atom. The van der Waals surface area contributed by atoms with Crippen molar-refractivity contribution in [2.45, 2.75) is 17.4 Å². The molecule has 21 heavy (non-hydrogen) atoms. The van der Waals surface area contributed by atoms with Crippen LogP contribution in [0.4, 0.5) is 0 Å². The van der Waals surface area contributed by atoms with Crippen molar-refractivity contribution in [2.24, 2.45) is 0 Å². The second kappa shape index (κ2) is 7.35. The van der Waals surface area contributed by atoms with Crippen molar-refractivity contribution in [3.63, 3.8) is 0 Å². The molecule has 1 atom stereocenters. The molecule has 0 aromatic heterocycles. The maximum Gasteiger partial charge on any atom is 0.244 e. The molecule has 0 aliphatic heterocycles. The van der Waals surface area contributed by atoms with Gasteiger partial charge in [-0.05, 0) is 25.3 Å². The minimum atomic E-state index is -3.81. The lowest BCUT2D eigenvalue weighted by atomic mass is 10.1. The summed E-state index contributed by atoms with van der Waals surface area (Å²) in [6.07, 6.45) is 1.84. The molecule has 0 spiro atoms. The Hall–Kier alpha value is -0.960. The lowest BCUT2D eigenvalue weighted by molar-refractivity contribution is 0.0908. The van der Waals surface area contributed by atoms with Gasteiger partial charge in [0.25, 0.3) is 0 Å². The predicted molar refractivity (Wildman–Crippen MR) is 83.7 cm³/mol. The number of hydrogen-bond acceptors (Lipinski definition) is 6.